The summed E-state index contributed by atoms with van der Waals surface area (Å²) >= 11 is 6.86. The number of benzene rings is 3. The Morgan fingerprint density at radius 2 is 1.88 bits per heavy atom. The summed E-state index contributed by atoms with van der Waals surface area (Å²) in [6, 6.07) is 20.7. The number of nitriles is 1. The molecule has 32 heavy (non-hydrogen) atoms. The minimum absolute atomic E-state index is 0.0406. The molecule has 0 fully saturated rings. The smallest absolute Gasteiger partial charge is 0.266 e. The van der Waals surface area contributed by atoms with Gasteiger partial charge in [-0.05, 0) is 54.5 Å². The molecule has 0 saturated carbocycles. The Labute approximate surface area is 203 Å². The lowest BCUT2D eigenvalue weighted by atomic mass is 10.1. The zero-order valence-corrected chi connectivity index (χ0v) is 20.7. The van der Waals surface area contributed by atoms with Crippen LogP contribution in [0.15, 0.2) is 75.2 Å². The van der Waals surface area contributed by atoms with Gasteiger partial charge in [0.25, 0.3) is 5.91 Å². The Hall–Kier alpha value is -3.08. The van der Waals surface area contributed by atoms with Gasteiger partial charge in [-0.2, -0.15) is 5.26 Å². The van der Waals surface area contributed by atoms with Gasteiger partial charge in [-0.25, -0.2) is 0 Å². The van der Waals surface area contributed by atoms with Crippen LogP contribution in [0.2, 0.25) is 0 Å². The molecule has 0 saturated heterocycles. The Morgan fingerprint density at radius 3 is 2.56 bits per heavy atom. The third-order valence-corrected chi connectivity index (χ3v) is 5.69. The first-order valence-corrected chi connectivity index (χ1v) is 11.2. The molecule has 0 aliphatic heterocycles. The number of nitrogens with zero attached hydrogens (tertiary/aromatic N) is 1. The molecule has 1 N–H and O–H groups in total. The topological polar surface area (TPSA) is 71.3 Å². The molecule has 3 rings (SSSR count). The van der Waals surface area contributed by atoms with E-state index < -0.39 is 5.91 Å². The predicted molar refractivity (Wildman–Crippen MR) is 133 cm³/mol. The second-order valence-electron chi connectivity index (χ2n) is 6.94. The van der Waals surface area contributed by atoms with E-state index in [1.807, 2.05) is 37.3 Å². The van der Waals surface area contributed by atoms with Gasteiger partial charge in [0.05, 0.1) is 7.11 Å². The molecular formula is C25H20Br2N2O3. The van der Waals surface area contributed by atoms with E-state index in [0.29, 0.717) is 33.8 Å². The van der Waals surface area contributed by atoms with Crippen LogP contribution in [0, 0.1) is 18.3 Å². The number of halogens is 2. The Kier molecular flexibility index (Phi) is 8.09. The summed E-state index contributed by atoms with van der Waals surface area (Å²) in [5.41, 5.74) is 3.36. The molecule has 0 bridgehead atoms. The molecule has 5 nitrogen and oxygen atoms in total. The number of amides is 1. The predicted octanol–water partition coefficient (Wildman–Crippen LogP) is 6.65. The van der Waals surface area contributed by atoms with Crippen LogP contribution < -0.4 is 14.8 Å². The van der Waals surface area contributed by atoms with Gasteiger partial charge >= 0.3 is 0 Å². The van der Waals surface area contributed by atoms with Crippen molar-refractivity contribution in [3.63, 3.8) is 0 Å². The van der Waals surface area contributed by atoms with Gasteiger partial charge in [-0.3, -0.25) is 4.79 Å². The van der Waals surface area contributed by atoms with Gasteiger partial charge in [0.2, 0.25) is 0 Å². The van der Waals surface area contributed by atoms with Crippen molar-refractivity contribution < 1.29 is 14.3 Å². The third-order valence-electron chi connectivity index (χ3n) is 4.51. The SMILES string of the molecule is COc1cc(/C=C(/C#N)C(=O)Nc2cccc(Br)c2)c(Br)cc1OCc1cccc(C)c1. The number of anilines is 1. The number of rotatable bonds is 7. The van der Waals surface area contributed by atoms with Crippen molar-refractivity contribution in [2.75, 3.05) is 12.4 Å². The maximum Gasteiger partial charge on any atom is 0.266 e. The molecule has 0 aromatic heterocycles. The van der Waals surface area contributed by atoms with Gasteiger partial charge in [-0.1, -0.05) is 67.8 Å². The Balaban J connectivity index is 1.82. The summed E-state index contributed by atoms with van der Waals surface area (Å²) in [4.78, 5) is 12.6. The Morgan fingerprint density at radius 1 is 1.09 bits per heavy atom. The standard InChI is InChI=1S/C25H20Br2N2O3/c1-16-5-3-6-17(9-16)15-32-24-13-22(27)18(11-23(24)31-2)10-19(14-28)25(30)29-21-8-4-7-20(26)12-21/h3-13H,15H2,1-2H3,(H,29,30)/b19-10-. The summed E-state index contributed by atoms with van der Waals surface area (Å²) in [6.45, 7) is 2.42. The zero-order valence-electron chi connectivity index (χ0n) is 17.5. The molecule has 3 aromatic rings. The van der Waals surface area contributed by atoms with Gasteiger partial charge in [0.1, 0.15) is 18.2 Å². The van der Waals surface area contributed by atoms with Crippen molar-refractivity contribution in [3.05, 3.63) is 91.9 Å². The van der Waals surface area contributed by atoms with Crippen LogP contribution in [-0.4, -0.2) is 13.0 Å². The van der Waals surface area contributed by atoms with Gasteiger partial charge in [0.15, 0.2) is 11.5 Å². The number of aryl methyl sites for hydroxylation is 1. The summed E-state index contributed by atoms with van der Waals surface area (Å²) in [6.07, 6.45) is 1.50. The molecule has 7 heteroatoms. The number of carbonyl (C=O) groups is 1. The van der Waals surface area contributed by atoms with Crippen LogP contribution in [-0.2, 0) is 11.4 Å². The van der Waals surface area contributed by atoms with Gasteiger partial charge in [-0.15, -0.1) is 0 Å². The van der Waals surface area contributed by atoms with Gasteiger partial charge < -0.3 is 14.8 Å². The molecule has 0 aliphatic rings. The lowest BCUT2D eigenvalue weighted by Gasteiger charge is -2.13. The molecule has 3 aromatic carbocycles. The summed E-state index contributed by atoms with van der Waals surface area (Å²) in [5.74, 6) is 0.545. The first-order valence-electron chi connectivity index (χ1n) is 9.64. The fraction of sp³-hybridized carbons (Fsp3) is 0.120. The number of nitrogens with one attached hydrogen (secondary N) is 1. The first kappa shape index (κ1) is 23.6. The molecule has 1 amide bonds. The molecule has 0 spiro atoms. The quantitative estimate of drug-likeness (QED) is 0.261. The number of ether oxygens (including phenoxy) is 2. The highest BCUT2D eigenvalue weighted by molar-refractivity contribution is 9.10. The fourth-order valence-corrected chi connectivity index (χ4v) is 3.80. The summed E-state index contributed by atoms with van der Waals surface area (Å²) in [5, 5.41) is 12.3. The molecule has 0 unspecified atom stereocenters. The normalized spacial score (nSPS) is 10.9. The first-order chi connectivity index (χ1) is 15.4. The van der Waals surface area contributed by atoms with Crippen LogP contribution in [0.4, 0.5) is 5.69 Å². The average Bonchev–Trinajstić information content (AvgIpc) is 2.77. The number of methoxy groups -OCH3 is 1. The summed E-state index contributed by atoms with van der Waals surface area (Å²) < 4.78 is 12.9. The van der Waals surface area contributed by atoms with E-state index in [1.54, 1.807) is 37.4 Å². The lowest BCUT2D eigenvalue weighted by molar-refractivity contribution is -0.112. The van der Waals surface area contributed by atoms with E-state index in [4.69, 9.17) is 9.47 Å². The average molecular weight is 556 g/mol. The second-order valence-corrected chi connectivity index (χ2v) is 8.71. The Bertz CT molecular complexity index is 1220. The monoisotopic (exact) mass is 554 g/mol. The summed E-state index contributed by atoms with van der Waals surface area (Å²) in [7, 11) is 1.54. The van der Waals surface area contributed by atoms with Crippen molar-refractivity contribution in [1.82, 2.24) is 0 Å². The van der Waals surface area contributed by atoms with Crippen molar-refractivity contribution in [3.8, 4) is 17.6 Å². The van der Waals surface area contributed by atoms with E-state index in [1.165, 1.54) is 6.08 Å². The number of hydrogen-bond donors (Lipinski definition) is 1. The largest absolute Gasteiger partial charge is 0.493 e. The van der Waals surface area contributed by atoms with E-state index in [-0.39, 0.29) is 5.57 Å². The minimum Gasteiger partial charge on any atom is -0.493 e. The molecule has 0 aliphatic carbocycles. The highest BCUT2D eigenvalue weighted by Gasteiger charge is 2.14. The minimum atomic E-state index is -0.503. The van der Waals surface area contributed by atoms with Crippen molar-refractivity contribution in [2.24, 2.45) is 0 Å². The van der Waals surface area contributed by atoms with E-state index in [9.17, 15) is 10.1 Å². The van der Waals surface area contributed by atoms with Crippen molar-refractivity contribution in [1.29, 1.82) is 5.26 Å². The lowest BCUT2D eigenvalue weighted by Crippen LogP contribution is -2.13. The number of hydrogen-bond acceptors (Lipinski definition) is 4. The van der Waals surface area contributed by atoms with Crippen molar-refractivity contribution >= 4 is 49.5 Å². The van der Waals surface area contributed by atoms with E-state index in [2.05, 4.69) is 43.2 Å². The maximum atomic E-state index is 12.6. The van der Waals surface area contributed by atoms with Crippen LogP contribution in [0.1, 0.15) is 16.7 Å². The number of carbonyl (C=O) groups excluding carboxylic acids is 1. The highest BCUT2D eigenvalue weighted by Crippen LogP contribution is 2.35. The van der Waals surface area contributed by atoms with E-state index in [0.717, 1.165) is 15.6 Å². The van der Waals surface area contributed by atoms with Crippen LogP contribution >= 0.6 is 31.9 Å². The van der Waals surface area contributed by atoms with Gasteiger partial charge in [0, 0.05) is 14.6 Å². The fourth-order valence-electron chi connectivity index (χ4n) is 2.97. The molecular weight excluding hydrogens is 536 g/mol. The van der Waals surface area contributed by atoms with E-state index >= 15 is 0 Å². The second kappa shape index (κ2) is 11.0. The van der Waals surface area contributed by atoms with Crippen LogP contribution in [0.5, 0.6) is 11.5 Å². The molecule has 0 atom stereocenters. The van der Waals surface area contributed by atoms with Crippen molar-refractivity contribution in [2.45, 2.75) is 13.5 Å². The van der Waals surface area contributed by atoms with Crippen LogP contribution in [0.3, 0.4) is 0 Å². The zero-order chi connectivity index (χ0) is 23.1. The third kappa shape index (κ3) is 6.22. The van der Waals surface area contributed by atoms with Crippen LogP contribution in [0.25, 0.3) is 6.08 Å². The molecule has 162 valence electrons. The molecule has 0 radical (unpaired) electrons. The molecule has 0 heterocycles. The highest BCUT2D eigenvalue weighted by atomic mass is 79.9. The maximum absolute atomic E-state index is 12.6.